The van der Waals surface area contributed by atoms with Gasteiger partial charge in [0.05, 0.1) is 12.1 Å². The Labute approximate surface area is 108 Å². The van der Waals surface area contributed by atoms with Crippen molar-refractivity contribution < 1.29 is 4.74 Å². The van der Waals surface area contributed by atoms with Crippen LogP contribution in [0.3, 0.4) is 0 Å². The third kappa shape index (κ3) is 3.40. The monoisotopic (exact) mass is 251 g/mol. The average Bonchev–Trinajstić information content (AvgIpc) is 2.39. The van der Waals surface area contributed by atoms with Crippen LogP contribution in [0.2, 0.25) is 5.02 Å². The van der Waals surface area contributed by atoms with Gasteiger partial charge in [-0.05, 0) is 37.3 Å². The number of anilines is 1. The molecule has 0 spiro atoms. The van der Waals surface area contributed by atoms with Gasteiger partial charge in [0.15, 0.2) is 0 Å². The third-order valence-corrected chi connectivity index (χ3v) is 3.44. The molecule has 0 amide bonds. The fraction of sp³-hybridized carbons (Fsp3) is 0.429. The van der Waals surface area contributed by atoms with Gasteiger partial charge in [-0.25, -0.2) is 0 Å². The Balaban J connectivity index is 1.92. The Morgan fingerprint density at radius 2 is 2.29 bits per heavy atom. The first-order valence-corrected chi connectivity index (χ1v) is 6.40. The predicted octanol–water partition coefficient (Wildman–Crippen LogP) is 4.12. The van der Waals surface area contributed by atoms with E-state index in [4.69, 9.17) is 16.3 Å². The summed E-state index contributed by atoms with van der Waals surface area (Å²) in [6, 6.07) is 5.80. The lowest BCUT2D eigenvalue weighted by molar-refractivity contribution is 0.415. The summed E-state index contributed by atoms with van der Waals surface area (Å²) in [5, 5.41) is 4.10. The van der Waals surface area contributed by atoms with Crippen LogP contribution in [0, 0.1) is 5.92 Å². The van der Waals surface area contributed by atoms with E-state index in [-0.39, 0.29) is 0 Å². The van der Waals surface area contributed by atoms with Crippen molar-refractivity contribution in [1.29, 1.82) is 0 Å². The molecule has 17 heavy (non-hydrogen) atoms. The first-order chi connectivity index (χ1) is 8.29. The van der Waals surface area contributed by atoms with E-state index in [1.165, 1.54) is 19.3 Å². The van der Waals surface area contributed by atoms with Gasteiger partial charge < -0.3 is 10.1 Å². The lowest BCUT2D eigenvalue weighted by Gasteiger charge is -2.19. The molecular formula is C14H18ClNO. The minimum Gasteiger partial charge on any atom is -0.495 e. The molecule has 0 aromatic heterocycles. The maximum atomic E-state index is 5.98. The summed E-state index contributed by atoms with van der Waals surface area (Å²) >= 11 is 5.98. The number of methoxy groups -OCH3 is 1. The Morgan fingerprint density at radius 3 is 3.00 bits per heavy atom. The summed E-state index contributed by atoms with van der Waals surface area (Å²) in [5.41, 5.74) is 1.07. The molecule has 0 bridgehead atoms. The van der Waals surface area contributed by atoms with Crippen LogP contribution in [0.15, 0.2) is 30.4 Å². The second kappa shape index (κ2) is 5.97. The number of benzene rings is 1. The first-order valence-electron chi connectivity index (χ1n) is 6.02. The van der Waals surface area contributed by atoms with Gasteiger partial charge in [0.2, 0.25) is 0 Å². The zero-order valence-electron chi connectivity index (χ0n) is 10.1. The largest absolute Gasteiger partial charge is 0.495 e. The number of hydrogen-bond donors (Lipinski definition) is 1. The summed E-state index contributed by atoms with van der Waals surface area (Å²) in [5.74, 6) is 1.46. The van der Waals surface area contributed by atoms with Gasteiger partial charge in [0.1, 0.15) is 5.75 Å². The highest BCUT2D eigenvalue weighted by atomic mass is 35.5. The standard InChI is InChI=1S/C14H18ClNO/c1-17-14-9-12(7-8-13(14)15)16-10-11-5-3-2-4-6-11/h2-3,7-9,11,16H,4-6,10H2,1H3. The van der Waals surface area contributed by atoms with E-state index >= 15 is 0 Å². The zero-order valence-corrected chi connectivity index (χ0v) is 10.8. The van der Waals surface area contributed by atoms with E-state index in [1.54, 1.807) is 7.11 Å². The molecule has 1 unspecified atom stereocenters. The molecule has 2 nitrogen and oxygen atoms in total. The molecule has 0 aliphatic heterocycles. The minimum atomic E-state index is 0.652. The second-order valence-electron chi connectivity index (χ2n) is 4.38. The van der Waals surface area contributed by atoms with Crippen LogP contribution in [0.4, 0.5) is 5.69 Å². The summed E-state index contributed by atoms with van der Waals surface area (Å²) < 4.78 is 5.19. The molecule has 1 aliphatic rings. The predicted molar refractivity (Wildman–Crippen MR) is 73.0 cm³/mol. The van der Waals surface area contributed by atoms with Gasteiger partial charge in [-0.1, -0.05) is 23.8 Å². The molecule has 92 valence electrons. The van der Waals surface area contributed by atoms with E-state index in [9.17, 15) is 0 Å². The molecule has 3 heteroatoms. The van der Waals surface area contributed by atoms with Crippen molar-refractivity contribution >= 4 is 17.3 Å². The molecule has 1 atom stereocenters. The van der Waals surface area contributed by atoms with Gasteiger partial charge in [0, 0.05) is 18.3 Å². The molecule has 1 aromatic rings. The lowest BCUT2D eigenvalue weighted by atomic mass is 9.94. The zero-order chi connectivity index (χ0) is 12.1. The van der Waals surface area contributed by atoms with Crippen molar-refractivity contribution in [2.45, 2.75) is 19.3 Å². The molecule has 0 heterocycles. The first kappa shape index (κ1) is 12.3. The van der Waals surface area contributed by atoms with Crippen molar-refractivity contribution in [2.24, 2.45) is 5.92 Å². The third-order valence-electron chi connectivity index (χ3n) is 3.12. The Morgan fingerprint density at radius 1 is 1.41 bits per heavy atom. The Hall–Kier alpha value is -1.15. The van der Waals surface area contributed by atoms with Crippen molar-refractivity contribution in [3.05, 3.63) is 35.4 Å². The fourth-order valence-corrected chi connectivity index (χ4v) is 2.27. The second-order valence-corrected chi connectivity index (χ2v) is 4.79. The van der Waals surface area contributed by atoms with E-state index in [1.807, 2.05) is 18.2 Å². The number of ether oxygens (including phenoxy) is 1. The van der Waals surface area contributed by atoms with Gasteiger partial charge in [-0.3, -0.25) is 0 Å². The molecule has 1 aromatic carbocycles. The Kier molecular flexibility index (Phi) is 4.32. The highest BCUT2D eigenvalue weighted by Gasteiger charge is 2.09. The number of rotatable bonds is 4. The Bertz CT molecular complexity index is 403. The van der Waals surface area contributed by atoms with Crippen LogP contribution in [-0.2, 0) is 0 Å². The van der Waals surface area contributed by atoms with Crippen LogP contribution in [0.25, 0.3) is 0 Å². The van der Waals surface area contributed by atoms with E-state index < -0.39 is 0 Å². The summed E-state index contributed by atoms with van der Waals surface area (Å²) in [6.45, 7) is 1.01. The number of halogens is 1. The van der Waals surface area contributed by atoms with Crippen LogP contribution in [-0.4, -0.2) is 13.7 Å². The maximum absolute atomic E-state index is 5.98. The van der Waals surface area contributed by atoms with Gasteiger partial charge >= 0.3 is 0 Å². The fourth-order valence-electron chi connectivity index (χ4n) is 2.07. The molecule has 0 radical (unpaired) electrons. The number of nitrogens with one attached hydrogen (secondary N) is 1. The van der Waals surface area contributed by atoms with Crippen molar-refractivity contribution in [1.82, 2.24) is 0 Å². The maximum Gasteiger partial charge on any atom is 0.139 e. The highest BCUT2D eigenvalue weighted by molar-refractivity contribution is 6.32. The van der Waals surface area contributed by atoms with Gasteiger partial charge in [-0.2, -0.15) is 0 Å². The SMILES string of the molecule is COc1cc(NCC2CC=CCC2)ccc1Cl. The summed E-state index contributed by atoms with van der Waals surface area (Å²) in [6.07, 6.45) is 8.20. The molecule has 2 rings (SSSR count). The van der Waals surface area contributed by atoms with Crippen LogP contribution in [0.5, 0.6) is 5.75 Å². The quantitative estimate of drug-likeness (QED) is 0.813. The van der Waals surface area contributed by atoms with Crippen molar-refractivity contribution in [2.75, 3.05) is 19.0 Å². The summed E-state index contributed by atoms with van der Waals surface area (Å²) in [4.78, 5) is 0. The minimum absolute atomic E-state index is 0.652. The highest BCUT2D eigenvalue weighted by Crippen LogP contribution is 2.28. The van der Waals surface area contributed by atoms with Crippen molar-refractivity contribution in [3.8, 4) is 5.75 Å². The lowest BCUT2D eigenvalue weighted by Crippen LogP contribution is -2.15. The van der Waals surface area contributed by atoms with E-state index in [2.05, 4.69) is 17.5 Å². The van der Waals surface area contributed by atoms with Crippen LogP contribution < -0.4 is 10.1 Å². The topological polar surface area (TPSA) is 21.3 Å². The molecule has 0 saturated heterocycles. The summed E-state index contributed by atoms with van der Waals surface area (Å²) in [7, 11) is 1.64. The molecule has 1 N–H and O–H groups in total. The van der Waals surface area contributed by atoms with Gasteiger partial charge in [0.25, 0.3) is 0 Å². The van der Waals surface area contributed by atoms with Crippen LogP contribution in [0.1, 0.15) is 19.3 Å². The van der Waals surface area contributed by atoms with Gasteiger partial charge in [-0.15, -0.1) is 0 Å². The average molecular weight is 252 g/mol. The normalized spacial score (nSPS) is 19.1. The number of hydrogen-bond acceptors (Lipinski definition) is 2. The van der Waals surface area contributed by atoms with Crippen LogP contribution >= 0.6 is 11.6 Å². The smallest absolute Gasteiger partial charge is 0.139 e. The molecular weight excluding hydrogens is 234 g/mol. The van der Waals surface area contributed by atoms with E-state index in [0.717, 1.165) is 23.9 Å². The molecule has 0 saturated carbocycles. The van der Waals surface area contributed by atoms with E-state index in [0.29, 0.717) is 5.02 Å². The molecule has 1 aliphatic carbocycles. The van der Waals surface area contributed by atoms with Crippen molar-refractivity contribution in [3.63, 3.8) is 0 Å². The number of allylic oxidation sites excluding steroid dienone is 2. The molecule has 0 fully saturated rings.